The predicted molar refractivity (Wildman–Crippen MR) is 85.7 cm³/mol. The minimum atomic E-state index is 0.413. The summed E-state index contributed by atoms with van der Waals surface area (Å²) in [6.07, 6.45) is 0. The van der Waals surface area contributed by atoms with E-state index in [9.17, 15) is 0 Å². The molecule has 0 unspecified atom stereocenters. The molecule has 1 aliphatic heterocycles. The van der Waals surface area contributed by atoms with Crippen molar-refractivity contribution in [3.05, 3.63) is 23.2 Å². The lowest BCUT2D eigenvalue weighted by molar-refractivity contribution is -0.00841. The second-order valence-corrected chi connectivity index (χ2v) is 5.17. The third kappa shape index (κ3) is 7.85. The van der Waals surface area contributed by atoms with Crippen molar-refractivity contribution in [1.82, 2.24) is 0 Å². The first-order chi connectivity index (χ1) is 11.4. The fraction of sp³-hybridized carbons (Fsp3) is 0.625. The molecule has 0 N–H and O–H groups in total. The Morgan fingerprint density at radius 1 is 0.565 bits per heavy atom. The van der Waals surface area contributed by atoms with E-state index in [1.54, 1.807) is 18.2 Å². The van der Waals surface area contributed by atoms with Crippen LogP contribution in [-0.4, -0.2) is 66.1 Å². The van der Waals surface area contributed by atoms with E-state index >= 15 is 0 Å². The first-order valence-electron chi connectivity index (χ1n) is 7.72. The van der Waals surface area contributed by atoms with E-state index in [1.807, 2.05) is 0 Å². The molecule has 1 heterocycles. The zero-order chi connectivity index (χ0) is 16.2. The quantitative estimate of drug-likeness (QED) is 0.717. The lowest BCUT2D eigenvalue weighted by Gasteiger charge is -2.14. The number of halogens is 1. The highest BCUT2D eigenvalue weighted by Crippen LogP contribution is 2.30. The van der Waals surface area contributed by atoms with Crippen molar-refractivity contribution in [2.75, 3.05) is 66.1 Å². The van der Waals surface area contributed by atoms with E-state index in [0.717, 1.165) is 0 Å². The van der Waals surface area contributed by atoms with E-state index < -0.39 is 0 Å². The molecule has 130 valence electrons. The number of benzene rings is 1. The molecule has 0 atom stereocenters. The van der Waals surface area contributed by atoms with Crippen molar-refractivity contribution in [3.63, 3.8) is 0 Å². The third-order valence-electron chi connectivity index (χ3n) is 2.99. The van der Waals surface area contributed by atoms with Crippen LogP contribution in [-0.2, 0) is 18.9 Å². The minimum absolute atomic E-state index is 0.413. The molecule has 0 aromatic heterocycles. The Labute approximate surface area is 141 Å². The van der Waals surface area contributed by atoms with Gasteiger partial charge >= 0.3 is 0 Å². The van der Waals surface area contributed by atoms with E-state index in [4.69, 9.17) is 40.0 Å². The van der Waals surface area contributed by atoms with Crippen LogP contribution in [0, 0.1) is 0 Å². The molecule has 1 aromatic carbocycles. The van der Waals surface area contributed by atoms with Gasteiger partial charge < -0.3 is 28.4 Å². The van der Waals surface area contributed by atoms with Gasteiger partial charge in [0.2, 0.25) is 0 Å². The lowest BCUT2D eigenvalue weighted by Crippen LogP contribution is -2.15. The van der Waals surface area contributed by atoms with Crippen LogP contribution < -0.4 is 9.47 Å². The maximum Gasteiger partial charge on any atom is 0.162 e. The van der Waals surface area contributed by atoms with Crippen LogP contribution in [0.5, 0.6) is 11.5 Å². The SMILES string of the molecule is Clc1ccc2c(c1)OCCOCCOCCOCCOCCO2. The second-order valence-electron chi connectivity index (χ2n) is 4.74. The topological polar surface area (TPSA) is 55.4 Å². The Hall–Kier alpha value is -1.05. The summed E-state index contributed by atoms with van der Waals surface area (Å²) in [6.45, 7) is 5.00. The average molecular weight is 347 g/mol. The van der Waals surface area contributed by atoms with E-state index in [1.165, 1.54) is 0 Å². The van der Waals surface area contributed by atoms with Crippen molar-refractivity contribution in [1.29, 1.82) is 0 Å². The lowest BCUT2D eigenvalue weighted by atomic mass is 10.3. The molecule has 23 heavy (non-hydrogen) atoms. The van der Waals surface area contributed by atoms with Gasteiger partial charge in [-0.1, -0.05) is 11.6 Å². The summed E-state index contributed by atoms with van der Waals surface area (Å²) in [5.41, 5.74) is 0. The molecule has 0 amide bonds. The Balaban J connectivity index is 1.84. The summed E-state index contributed by atoms with van der Waals surface area (Å²) < 4.78 is 33.0. The fourth-order valence-corrected chi connectivity index (χ4v) is 2.06. The molecule has 7 heteroatoms. The molecule has 0 radical (unpaired) electrons. The maximum atomic E-state index is 6.00. The molecule has 0 aliphatic carbocycles. The standard InChI is InChI=1S/C16H23ClO6/c17-14-1-2-15-16(13-14)23-12-10-21-8-6-19-4-3-18-5-7-20-9-11-22-15/h1-2,13H,3-12H2. The summed E-state index contributed by atoms with van der Waals surface area (Å²) >= 11 is 6.00. The molecule has 0 bridgehead atoms. The molecule has 1 aliphatic rings. The van der Waals surface area contributed by atoms with Gasteiger partial charge in [-0.3, -0.25) is 0 Å². The molecule has 0 spiro atoms. The highest BCUT2D eigenvalue weighted by atomic mass is 35.5. The van der Waals surface area contributed by atoms with Crippen molar-refractivity contribution in [3.8, 4) is 11.5 Å². The van der Waals surface area contributed by atoms with Gasteiger partial charge in [-0.15, -0.1) is 0 Å². The molecular weight excluding hydrogens is 324 g/mol. The van der Waals surface area contributed by atoms with Crippen LogP contribution in [0.15, 0.2) is 18.2 Å². The van der Waals surface area contributed by atoms with Crippen LogP contribution >= 0.6 is 11.6 Å². The first kappa shape index (κ1) is 18.3. The van der Waals surface area contributed by atoms with Crippen molar-refractivity contribution < 1.29 is 28.4 Å². The van der Waals surface area contributed by atoms with Crippen molar-refractivity contribution in [2.24, 2.45) is 0 Å². The minimum Gasteiger partial charge on any atom is -0.487 e. The Kier molecular flexibility index (Phi) is 9.13. The highest BCUT2D eigenvalue weighted by Gasteiger charge is 2.07. The maximum absolute atomic E-state index is 6.00. The van der Waals surface area contributed by atoms with Gasteiger partial charge in [0.1, 0.15) is 13.2 Å². The molecule has 2 rings (SSSR count). The van der Waals surface area contributed by atoms with Gasteiger partial charge in [0.15, 0.2) is 11.5 Å². The Morgan fingerprint density at radius 3 is 1.52 bits per heavy atom. The monoisotopic (exact) mass is 346 g/mol. The van der Waals surface area contributed by atoms with E-state index in [0.29, 0.717) is 82.6 Å². The van der Waals surface area contributed by atoms with Crippen molar-refractivity contribution >= 4 is 11.6 Å². The summed E-state index contributed by atoms with van der Waals surface area (Å²) in [7, 11) is 0. The average Bonchev–Trinajstić information content (AvgIpc) is 2.55. The zero-order valence-electron chi connectivity index (χ0n) is 13.1. The predicted octanol–water partition coefficient (Wildman–Crippen LogP) is 2.18. The van der Waals surface area contributed by atoms with Gasteiger partial charge in [-0.2, -0.15) is 0 Å². The van der Waals surface area contributed by atoms with Crippen LogP contribution in [0.4, 0.5) is 0 Å². The summed E-state index contributed by atoms with van der Waals surface area (Å²) in [5, 5.41) is 0.595. The highest BCUT2D eigenvalue weighted by molar-refractivity contribution is 6.30. The van der Waals surface area contributed by atoms with Gasteiger partial charge in [0, 0.05) is 11.1 Å². The van der Waals surface area contributed by atoms with Gasteiger partial charge in [-0.25, -0.2) is 0 Å². The van der Waals surface area contributed by atoms with Gasteiger partial charge in [0.05, 0.1) is 52.9 Å². The van der Waals surface area contributed by atoms with Crippen LogP contribution in [0.1, 0.15) is 0 Å². The molecular formula is C16H23ClO6. The van der Waals surface area contributed by atoms with Gasteiger partial charge in [0.25, 0.3) is 0 Å². The largest absolute Gasteiger partial charge is 0.487 e. The molecule has 0 fully saturated rings. The Morgan fingerprint density at radius 2 is 1.00 bits per heavy atom. The Bertz CT molecular complexity index is 443. The van der Waals surface area contributed by atoms with Crippen LogP contribution in [0.3, 0.4) is 0 Å². The van der Waals surface area contributed by atoms with Crippen LogP contribution in [0.2, 0.25) is 5.02 Å². The molecule has 0 saturated carbocycles. The molecule has 0 saturated heterocycles. The normalized spacial score (nSPS) is 19.5. The first-order valence-corrected chi connectivity index (χ1v) is 8.10. The van der Waals surface area contributed by atoms with Crippen LogP contribution in [0.25, 0.3) is 0 Å². The third-order valence-corrected chi connectivity index (χ3v) is 3.23. The number of rotatable bonds is 0. The number of hydrogen-bond donors (Lipinski definition) is 0. The summed E-state index contributed by atoms with van der Waals surface area (Å²) in [5.74, 6) is 1.24. The van der Waals surface area contributed by atoms with E-state index in [-0.39, 0.29) is 0 Å². The fourth-order valence-electron chi connectivity index (χ4n) is 1.90. The smallest absolute Gasteiger partial charge is 0.162 e. The van der Waals surface area contributed by atoms with Crippen molar-refractivity contribution in [2.45, 2.75) is 0 Å². The molecule has 1 aromatic rings. The van der Waals surface area contributed by atoms with E-state index in [2.05, 4.69) is 0 Å². The summed E-state index contributed by atoms with van der Waals surface area (Å²) in [4.78, 5) is 0. The molecule has 6 nitrogen and oxygen atoms in total. The number of hydrogen-bond acceptors (Lipinski definition) is 6. The van der Waals surface area contributed by atoms with Gasteiger partial charge in [-0.05, 0) is 12.1 Å². The number of ether oxygens (including phenoxy) is 6. The summed E-state index contributed by atoms with van der Waals surface area (Å²) in [6, 6.07) is 5.28. The second kappa shape index (κ2) is 11.5. The number of fused-ring (bicyclic) bond motifs is 1. The zero-order valence-corrected chi connectivity index (χ0v) is 13.9.